The van der Waals surface area contributed by atoms with Crippen LogP contribution in [0.2, 0.25) is 0 Å². The smallest absolute Gasteiger partial charge is 0.0535 e. The summed E-state index contributed by atoms with van der Waals surface area (Å²) in [6.07, 6.45) is 7.87. The van der Waals surface area contributed by atoms with Crippen molar-refractivity contribution in [2.45, 2.75) is 44.6 Å². The number of rotatable bonds is 5. The molecule has 3 nitrogen and oxygen atoms in total. The Bertz CT molecular complexity index is 241. The van der Waals surface area contributed by atoms with Crippen LogP contribution in [-0.4, -0.2) is 39.0 Å². The van der Waals surface area contributed by atoms with Gasteiger partial charge in [-0.1, -0.05) is 0 Å². The average Bonchev–Trinajstić information content (AvgIpc) is 3.09. The van der Waals surface area contributed by atoms with E-state index in [0.717, 1.165) is 38.4 Å². The molecule has 2 aliphatic heterocycles. The molecule has 3 fully saturated rings. The molecule has 0 aromatic carbocycles. The Kier molecular flexibility index (Phi) is 3.69. The molecule has 0 bridgehead atoms. The van der Waals surface area contributed by atoms with Gasteiger partial charge in [0.25, 0.3) is 0 Å². The fourth-order valence-electron chi connectivity index (χ4n) is 3.23. The van der Waals surface area contributed by atoms with Crippen LogP contribution in [0, 0.1) is 11.3 Å². The lowest BCUT2D eigenvalue weighted by molar-refractivity contribution is 0.0425. The van der Waals surface area contributed by atoms with Gasteiger partial charge in [0, 0.05) is 37.8 Å². The van der Waals surface area contributed by atoms with E-state index in [1.807, 2.05) is 0 Å². The van der Waals surface area contributed by atoms with E-state index in [1.165, 1.54) is 45.1 Å². The number of hydrogen-bond acceptors (Lipinski definition) is 3. The zero-order valence-electron chi connectivity index (χ0n) is 10.7. The Hall–Kier alpha value is -0.120. The minimum Gasteiger partial charge on any atom is -0.381 e. The second-order valence-electron chi connectivity index (χ2n) is 6.22. The van der Waals surface area contributed by atoms with Gasteiger partial charge in [0.05, 0.1) is 6.61 Å². The van der Waals surface area contributed by atoms with Crippen molar-refractivity contribution >= 4 is 0 Å². The minimum absolute atomic E-state index is 0.435. The van der Waals surface area contributed by atoms with Gasteiger partial charge in [-0.25, -0.2) is 0 Å². The van der Waals surface area contributed by atoms with E-state index in [4.69, 9.17) is 9.47 Å². The molecule has 1 saturated carbocycles. The van der Waals surface area contributed by atoms with E-state index in [0.29, 0.717) is 5.41 Å². The molecule has 98 valence electrons. The Labute approximate surface area is 104 Å². The lowest BCUT2D eigenvalue weighted by Gasteiger charge is -2.34. The highest BCUT2D eigenvalue weighted by Gasteiger charge is 2.38. The highest BCUT2D eigenvalue weighted by molar-refractivity contribution is 4.91. The molecule has 1 unspecified atom stereocenters. The van der Waals surface area contributed by atoms with Gasteiger partial charge in [-0.3, -0.25) is 0 Å². The lowest BCUT2D eigenvalue weighted by atomic mass is 9.76. The van der Waals surface area contributed by atoms with Crippen molar-refractivity contribution in [3.05, 3.63) is 0 Å². The minimum atomic E-state index is 0.435. The van der Waals surface area contributed by atoms with Crippen LogP contribution in [0.3, 0.4) is 0 Å². The first-order valence-electron chi connectivity index (χ1n) is 7.25. The predicted octanol–water partition coefficient (Wildman–Crippen LogP) is 1.96. The van der Waals surface area contributed by atoms with Crippen LogP contribution in [0.25, 0.3) is 0 Å². The molecule has 0 radical (unpaired) electrons. The predicted molar refractivity (Wildman–Crippen MR) is 67.1 cm³/mol. The van der Waals surface area contributed by atoms with E-state index in [2.05, 4.69) is 5.32 Å². The van der Waals surface area contributed by atoms with Gasteiger partial charge in [0.1, 0.15) is 0 Å². The molecule has 1 aliphatic carbocycles. The molecule has 0 aromatic heterocycles. The first-order chi connectivity index (χ1) is 8.36. The largest absolute Gasteiger partial charge is 0.381 e. The summed E-state index contributed by atoms with van der Waals surface area (Å²) in [6, 6.07) is 0.821. The summed E-state index contributed by atoms with van der Waals surface area (Å²) in [4.78, 5) is 0. The second kappa shape index (κ2) is 5.25. The fraction of sp³-hybridized carbons (Fsp3) is 1.00. The lowest BCUT2D eigenvalue weighted by Crippen LogP contribution is -2.38. The summed E-state index contributed by atoms with van der Waals surface area (Å²) in [5.74, 6) is 0.867. The van der Waals surface area contributed by atoms with Gasteiger partial charge < -0.3 is 14.8 Å². The SMILES string of the molecule is C1CC(CC2(CNC3CC3)CCOC2)CCO1. The molecule has 17 heavy (non-hydrogen) atoms. The van der Waals surface area contributed by atoms with Crippen molar-refractivity contribution < 1.29 is 9.47 Å². The fourth-order valence-corrected chi connectivity index (χ4v) is 3.23. The van der Waals surface area contributed by atoms with E-state index < -0.39 is 0 Å². The van der Waals surface area contributed by atoms with E-state index in [1.54, 1.807) is 0 Å². The molecular weight excluding hydrogens is 214 g/mol. The quantitative estimate of drug-likeness (QED) is 0.795. The molecule has 2 saturated heterocycles. The van der Waals surface area contributed by atoms with Gasteiger partial charge in [-0.05, 0) is 44.4 Å². The van der Waals surface area contributed by atoms with Crippen LogP contribution in [-0.2, 0) is 9.47 Å². The maximum Gasteiger partial charge on any atom is 0.0535 e. The van der Waals surface area contributed by atoms with Crippen LogP contribution in [0.15, 0.2) is 0 Å². The summed E-state index contributed by atoms with van der Waals surface area (Å²) >= 11 is 0. The van der Waals surface area contributed by atoms with E-state index >= 15 is 0 Å². The van der Waals surface area contributed by atoms with Crippen molar-refractivity contribution in [1.82, 2.24) is 5.32 Å². The molecule has 1 atom stereocenters. The highest BCUT2D eigenvalue weighted by atomic mass is 16.5. The second-order valence-corrected chi connectivity index (χ2v) is 6.22. The monoisotopic (exact) mass is 239 g/mol. The molecule has 1 N–H and O–H groups in total. The Morgan fingerprint density at radius 2 is 1.82 bits per heavy atom. The first kappa shape index (κ1) is 11.9. The standard InChI is InChI=1S/C14H25NO2/c1-2-13(1)15-10-14(5-8-17-11-14)9-12-3-6-16-7-4-12/h12-13,15H,1-11H2. The van der Waals surface area contributed by atoms with Crippen LogP contribution in [0.4, 0.5) is 0 Å². The van der Waals surface area contributed by atoms with Crippen molar-refractivity contribution in [3.63, 3.8) is 0 Å². The third kappa shape index (κ3) is 3.21. The Morgan fingerprint density at radius 3 is 2.47 bits per heavy atom. The van der Waals surface area contributed by atoms with E-state index in [9.17, 15) is 0 Å². The summed E-state index contributed by atoms with van der Waals surface area (Å²) in [6.45, 7) is 5.06. The molecule has 0 aromatic rings. The van der Waals surface area contributed by atoms with Crippen LogP contribution in [0.5, 0.6) is 0 Å². The topological polar surface area (TPSA) is 30.5 Å². The van der Waals surface area contributed by atoms with Gasteiger partial charge in [0.2, 0.25) is 0 Å². The summed E-state index contributed by atoms with van der Waals surface area (Å²) in [5.41, 5.74) is 0.435. The van der Waals surface area contributed by atoms with Crippen molar-refractivity contribution in [3.8, 4) is 0 Å². The zero-order chi connectivity index (χ0) is 11.6. The first-order valence-corrected chi connectivity index (χ1v) is 7.25. The number of hydrogen-bond donors (Lipinski definition) is 1. The third-order valence-electron chi connectivity index (χ3n) is 4.59. The summed E-state index contributed by atoms with van der Waals surface area (Å²) in [5, 5.41) is 3.72. The number of ether oxygens (including phenoxy) is 2. The molecule has 3 aliphatic rings. The van der Waals surface area contributed by atoms with Crippen molar-refractivity contribution in [1.29, 1.82) is 0 Å². The molecule has 2 heterocycles. The molecule has 3 rings (SSSR count). The van der Waals surface area contributed by atoms with Gasteiger partial charge in [-0.15, -0.1) is 0 Å². The highest BCUT2D eigenvalue weighted by Crippen LogP contribution is 2.38. The van der Waals surface area contributed by atoms with Gasteiger partial charge in [0.15, 0.2) is 0 Å². The maximum atomic E-state index is 5.68. The third-order valence-corrected chi connectivity index (χ3v) is 4.59. The van der Waals surface area contributed by atoms with Gasteiger partial charge in [-0.2, -0.15) is 0 Å². The van der Waals surface area contributed by atoms with Crippen molar-refractivity contribution in [2.24, 2.45) is 11.3 Å². The molecule has 0 amide bonds. The summed E-state index contributed by atoms with van der Waals surface area (Å²) in [7, 11) is 0. The Morgan fingerprint density at radius 1 is 1.00 bits per heavy atom. The average molecular weight is 239 g/mol. The normalized spacial score (nSPS) is 35.3. The van der Waals surface area contributed by atoms with Crippen LogP contribution < -0.4 is 5.32 Å². The van der Waals surface area contributed by atoms with Gasteiger partial charge >= 0.3 is 0 Å². The van der Waals surface area contributed by atoms with Crippen LogP contribution in [0.1, 0.15) is 38.5 Å². The number of nitrogens with one attached hydrogen (secondary N) is 1. The Balaban J connectivity index is 1.53. The maximum absolute atomic E-state index is 5.68. The summed E-state index contributed by atoms with van der Waals surface area (Å²) < 4.78 is 11.1. The molecule has 0 spiro atoms. The molecule has 3 heteroatoms. The van der Waals surface area contributed by atoms with Crippen LogP contribution >= 0.6 is 0 Å². The zero-order valence-corrected chi connectivity index (χ0v) is 10.7. The molecular formula is C14H25NO2. The van der Waals surface area contributed by atoms with E-state index in [-0.39, 0.29) is 0 Å². The van der Waals surface area contributed by atoms with Crippen molar-refractivity contribution in [2.75, 3.05) is 33.0 Å².